The molecule has 0 aliphatic rings. The SMILES string of the molecule is CNCc1ccc(OCc2cccc(OC)n2)c(F)c1. The summed E-state index contributed by atoms with van der Waals surface area (Å²) in [5, 5.41) is 2.97. The van der Waals surface area contributed by atoms with E-state index in [1.165, 1.54) is 6.07 Å². The zero-order chi connectivity index (χ0) is 14.4. The van der Waals surface area contributed by atoms with E-state index in [4.69, 9.17) is 9.47 Å². The fourth-order valence-electron chi connectivity index (χ4n) is 1.78. The summed E-state index contributed by atoms with van der Waals surface area (Å²) < 4.78 is 24.3. The first-order chi connectivity index (χ1) is 9.72. The molecule has 1 aromatic heterocycles. The van der Waals surface area contributed by atoms with Crippen LogP contribution in [0.15, 0.2) is 36.4 Å². The molecule has 0 bridgehead atoms. The van der Waals surface area contributed by atoms with Gasteiger partial charge in [-0.05, 0) is 30.8 Å². The molecule has 0 amide bonds. The van der Waals surface area contributed by atoms with Crippen molar-refractivity contribution < 1.29 is 13.9 Å². The second-order valence-electron chi connectivity index (χ2n) is 4.26. The zero-order valence-electron chi connectivity index (χ0n) is 11.5. The van der Waals surface area contributed by atoms with Crippen LogP contribution in [0.5, 0.6) is 11.6 Å². The minimum atomic E-state index is -0.374. The molecule has 2 rings (SSSR count). The first-order valence-electron chi connectivity index (χ1n) is 6.28. The van der Waals surface area contributed by atoms with Crippen molar-refractivity contribution in [2.45, 2.75) is 13.2 Å². The third-order valence-corrected chi connectivity index (χ3v) is 2.74. The van der Waals surface area contributed by atoms with Gasteiger partial charge in [-0.1, -0.05) is 12.1 Å². The summed E-state index contributed by atoms with van der Waals surface area (Å²) in [6, 6.07) is 10.3. The summed E-state index contributed by atoms with van der Waals surface area (Å²) in [6.07, 6.45) is 0. The van der Waals surface area contributed by atoms with Gasteiger partial charge < -0.3 is 14.8 Å². The third kappa shape index (κ3) is 3.68. The van der Waals surface area contributed by atoms with Crippen molar-refractivity contribution in [1.82, 2.24) is 10.3 Å². The van der Waals surface area contributed by atoms with Crippen molar-refractivity contribution in [3.05, 3.63) is 53.5 Å². The van der Waals surface area contributed by atoms with Crippen molar-refractivity contribution in [1.29, 1.82) is 0 Å². The molecule has 0 atom stereocenters. The van der Waals surface area contributed by atoms with Crippen LogP contribution in [0.3, 0.4) is 0 Å². The van der Waals surface area contributed by atoms with Crippen molar-refractivity contribution in [2.24, 2.45) is 0 Å². The Kier molecular flexibility index (Phi) is 4.90. The molecule has 5 heteroatoms. The van der Waals surface area contributed by atoms with Gasteiger partial charge in [-0.3, -0.25) is 0 Å². The number of hydrogen-bond donors (Lipinski definition) is 1. The molecule has 0 spiro atoms. The summed E-state index contributed by atoms with van der Waals surface area (Å²) in [5.41, 5.74) is 1.56. The topological polar surface area (TPSA) is 43.4 Å². The number of hydrogen-bond acceptors (Lipinski definition) is 4. The van der Waals surface area contributed by atoms with Gasteiger partial charge in [-0.15, -0.1) is 0 Å². The lowest BCUT2D eigenvalue weighted by atomic mass is 10.2. The van der Waals surface area contributed by atoms with Gasteiger partial charge in [-0.2, -0.15) is 0 Å². The fraction of sp³-hybridized carbons (Fsp3) is 0.267. The number of aromatic nitrogens is 1. The van der Waals surface area contributed by atoms with E-state index >= 15 is 0 Å². The maximum atomic E-state index is 13.8. The number of ether oxygens (including phenoxy) is 2. The minimum absolute atomic E-state index is 0.194. The standard InChI is InChI=1S/C15H17FN2O2/c1-17-9-11-6-7-14(13(16)8-11)20-10-12-4-3-5-15(18-12)19-2/h3-8,17H,9-10H2,1-2H3. The smallest absolute Gasteiger partial charge is 0.213 e. The Labute approximate surface area is 117 Å². The Morgan fingerprint density at radius 2 is 2.10 bits per heavy atom. The Balaban J connectivity index is 2.03. The molecule has 1 heterocycles. The highest BCUT2D eigenvalue weighted by Gasteiger charge is 2.06. The van der Waals surface area contributed by atoms with E-state index in [0.717, 1.165) is 5.56 Å². The number of methoxy groups -OCH3 is 1. The summed E-state index contributed by atoms with van der Waals surface area (Å²) in [4.78, 5) is 4.20. The molecule has 0 saturated heterocycles. The van der Waals surface area contributed by atoms with Gasteiger partial charge in [0.25, 0.3) is 0 Å². The van der Waals surface area contributed by atoms with Crippen LogP contribution in [0.2, 0.25) is 0 Å². The largest absolute Gasteiger partial charge is 0.484 e. The van der Waals surface area contributed by atoms with E-state index in [1.54, 1.807) is 25.3 Å². The van der Waals surface area contributed by atoms with Gasteiger partial charge in [0.15, 0.2) is 11.6 Å². The summed E-state index contributed by atoms with van der Waals surface area (Å²) in [5.74, 6) is 0.353. The summed E-state index contributed by atoms with van der Waals surface area (Å²) in [7, 11) is 3.36. The lowest BCUT2D eigenvalue weighted by molar-refractivity contribution is 0.283. The quantitative estimate of drug-likeness (QED) is 0.880. The Morgan fingerprint density at radius 1 is 1.25 bits per heavy atom. The van der Waals surface area contributed by atoms with Crippen LogP contribution >= 0.6 is 0 Å². The van der Waals surface area contributed by atoms with Crippen LogP contribution in [0.1, 0.15) is 11.3 Å². The number of nitrogens with zero attached hydrogens (tertiary/aromatic N) is 1. The lowest BCUT2D eigenvalue weighted by Crippen LogP contribution is -2.06. The maximum absolute atomic E-state index is 13.8. The first kappa shape index (κ1) is 14.3. The van der Waals surface area contributed by atoms with Gasteiger partial charge in [0.05, 0.1) is 12.8 Å². The third-order valence-electron chi connectivity index (χ3n) is 2.74. The molecule has 20 heavy (non-hydrogen) atoms. The zero-order valence-corrected chi connectivity index (χ0v) is 11.5. The predicted octanol–water partition coefficient (Wildman–Crippen LogP) is 2.53. The van der Waals surface area contributed by atoms with E-state index in [1.807, 2.05) is 19.2 Å². The van der Waals surface area contributed by atoms with Gasteiger partial charge in [0, 0.05) is 12.6 Å². The molecule has 0 saturated carbocycles. The second kappa shape index (κ2) is 6.86. The van der Waals surface area contributed by atoms with Crippen molar-refractivity contribution in [2.75, 3.05) is 14.2 Å². The molecule has 1 aromatic carbocycles. The highest BCUT2D eigenvalue weighted by atomic mass is 19.1. The van der Waals surface area contributed by atoms with Crippen LogP contribution in [0.25, 0.3) is 0 Å². The van der Waals surface area contributed by atoms with Crippen molar-refractivity contribution in [3.63, 3.8) is 0 Å². The van der Waals surface area contributed by atoms with E-state index in [-0.39, 0.29) is 18.2 Å². The van der Waals surface area contributed by atoms with E-state index in [2.05, 4.69) is 10.3 Å². The van der Waals surface area contributed by atoms with Crippen LogP contribution in [0, 0.1) is 5.82 Å². The van der Waals surface area contributed by atoms with Crippen LogP contribution in [-0.4, -0.2) is 19.1 Å². The monoisotopic (exact) mass is 276 g/mol. The van der Waals surface area contributed by atoms with Crippen LogP contribution in [0.4, 0.5) is 4.39 Å². The molecule has 0 unspecified atom stereocenters. The molecule has 2 aromatic rings. The minimum Gasteiger partial charge on any atom is -0.484 e. The Hall–Kier alpha value is -2.14. The van der Waals surface area contributed by atoms with Gasteiger partial charge >= 0.3 is 0 Å². The maximum Gasteiger partial charge on any atom is 0.213 e. The van der Waals surface area contributed by atoms with Crippen LogP contribution in [-0.2, 0) is 13.2 Å². The number of benzene rings is 1. The molecular formula is C15H17FN2O2. The molecule has 4 nitrogen and oxygen atoms in total. The number of nitrogens with one attached hydrogen (secondary N) is 1. The molecule has 0 aliphatic heterocycles. The Morgan fingerprint density at radius 3 is 2.80 bits per heavy atom. The van der Waals surface area contributed by atoms with Crippen molar-refractivity contribution in [3.8, 4) is 11.6 Å². The molecule has 0 radical (unpaired) electrons. The average molecular weight is 276 g/mol. The highest BCUT2D eigenvalue weighted by Crippen LogP contribution is 2.19. The molecule has 0 aliphatic carbocycles. The molecule has 0 fully saturated rings. The molecular weight excluding hydrogens is 259 g/mol. The molecule has 1 N–H and O–H groups in total. The van der Waals surface area contributed by atoms with Crippen LogP contribution < -0.4 is 14.8 Å². The van der Waals surface area contributed by atoms with Gasteiger partial charge in [-0.25, -0.2) is 9.37 Å². The predicted molar refractivity (Wildman–Crippen MR) is 74.3 cm³/mol. The second-order valence-corrected chi connectivity index (χ2v) is 4.26. The Bertz CT molecular complexity index is 576. The lowest BCUT2D eigenvalue weighted by Gasteiger charge is -2.09. The van der Waals surface area contributed by atoms with E-state index < -0.39 is 0 Å². The number of halogens is 1. The normalized spacial score (nSPS) is 10.3. The van der Waals surface area contributed by atoms with Crippen molar-refractivity contribution >= 4 is 0 Å². The highest BCUT2D eigenvalue weighted by molar-refractivity contribution is 5.29. The van der Waals surface area contributed by atoms with Gasteiger partial charge in [0.1, 0.15) is 6.61 Å². The fourth-order valence-corrected chi connectivity index (χ4v) is 1.78. The average Bonchev–Trinajstić information content (AvgIpc) is 2.47. The first-order valence-corrected chi connectivity index (χ1v) is 6.28. The van der Waals surface area contributed by atoms with E-state index in [0.29, 0.717) is 18.1 Å². The summed E-state index contributed by atoms with van der Waals surface area (Å²) >= 11 is 0. The van der Waals surface area contributed by atoms with E-state index in [9.17, 15) is 4.39 Å². The number of pyridine rings is 1. The molecule has 106 valence electrons. The summed E-state index contributed by atoms with van der Waals surface area (Å²) in [6.45, 7) is 0.814. The van der Waals surface area contributed by atoms with Gasteiger partial charge in [0.2, 0.25) is 5.88 Å². The number of rotatable bonds is 6.